The van der Waals surface area contributed by atoms with Gasteiger partial charge in [0, 0.05) is 13.2 Å². The lowest BCUT2D eigenvalue weighted by Crippen LogP contribution is -2.32. The summed E-state index contributed by atoms with van der Waals surface area (Å²) in [5.41, 5.74) is -0.107. The van der Waals surface area contributed by atoms with E-state index in [1.54, 1.807) is 0 Å². The monoisotopic (exact) mass is 331 g/mol. The molecule has 0 amide bonds. The number of rotatable bonds is 4. The number of ether oxygens (including phenoxy) is 1. The first-order valence-corrected chi connectivity index (χ1v) is 6.81. The highest BCUT2D eigenvalue weighted by Gasteiger charge is 2.29. The number of carboxylic acids is 1. The van der Waals surface area contributed by atoms with Crippen molar-refractivity contribution in [1.29, 1.82) is 0 Å². The largest absolute Gasteiger partial charge is 0.478 e. The maximum absolute atomic E-state index is 14.0. The molecule has 1 aliphatic rings. The van der Waals surface area contributed by atoms with Gasteiger partial charge in [0.05, 0.1) is 21.3 Å². The fourth-order valence-electron chi connectivity index (χ4n) is 2.11. The molecule has 104 valence electrons. The molecule has 1 aliphatic heterocycles. The minimum absolute atomic E-state index is 0.0394. The Hall–Kier alpha value is -1.14. The zero-order chi connectivity index (χ0) is 14.0. The lowest BCUT2D eigenvalue weighted by Gasteiger charge is -2.24. The number of carboxylic acid groups (broad SMARTS) is 1. The summed E-state index contributed by atoms with van der Waals surface area (Å²) in [6.45, 7) is 3.19. The summed E-state index contributed by atoms with van der Waals surface area (Å²) in [4.78, 5) is 10.9. The first-order valence-electron chi connectivity index (χ1n) is 6.02. The number of carbonyl (C=O) groups is 1. The van der Waals surface area contributed by atoms with E-state index >= 15 is 0 Å². The number of anilines is 1. The van der Waals surface area contributed by atoms with Gasteiger partial charge in [0.25, 0.3) is 0 Å². The Balaban J connectivity index is 2.13. The smallest absolute Gasteiger partial charge is 0.336 e. The molecule has 0 aromatic heterocycles. The van der Waals surface area contributed by atoms with E-state index in [-0.39, 0.29) is 21.3 Å². The Morgan fingerprint density at radius 3 is 2.95 bits per heavy atom. The highest BCUT2D eigenvalue weighted by atomic mass is 79.9. The van der Waals surface area contributed by atoms with Crippen molar-refractivity contribution in [3.05, 3.63) is 28.0 Å². The molecule has 6 heteroatoms. The van der Waals surface area contributed by atoms with Gasteiger partial charge in [-0.15, -0.1) is 0 Å². The van der Waals surface area contributed by atoms with Crippen LogP contribution in [0.1, 0.15) is 30.1 Å². The van der Waals surface area contributed by atoms with Crippen LogP contribution in [0.4, 0.5) is 10.1 Å². The molecule has 0 aliphatic carbocycles. The van der Waals surface area contributed by atoms with E-state index in [4.69, 9.17) is 9.84 Å². The molecule has 0 radical (unpaired) electrons. The SMILES string of the molecule is CC1(CNc2ccc(C(=O)O)c(Br)c2F)CCCO1. The molecular weight excluding hydrogens is 317 g/mol. The first-order chi connectivity index (χ1) is 8.93. The summed E-state index contributed by atoms with van der Waals surface area (Å²) in [6, 6.07) is 2.80. The molecule has 1 heterocycles. The van der Waals surface area contributed by atoms with Crippen LogP contribution < -0.4 is 5.32 Å². The first kappa shape index (κ1) is 14.3. The normalized spacial score (nSPS) is 22.5. The lowest BCUT2D eigenvalue weighted by atomic mass is 10.0. The van der Waals surface area contributed by atoms with Gasteiger partial charge in [-0.3, -0.25) is 0 Å². The second-order valence-corrected chi connectivity index (χ2v) is 5.64. The third-order valence-corrected chi connectivity index (χ3v) is 4.04. The Morgan fingerprint density at radius 1 is 1.63 bits per heavy atom. The fraction of sp³-hybridized carbons (Fsp3) is 0.462. The number of hydrogen-bond acceptors (Lipinski definition) is 3. The van der Waals surface area contributed by atoms with Crippen LogP contribution in [0, 0.1) is 5.82 Å². The molecule has 19 heavy (non-hydrogen) atoms. The maximum atomic E-state index is 14.0. The summed E-state index contributed by atoms with van der Waals surface area (Å²) in [5, 5.41) is 11.9. The number of hydrogen-bond donors (Lipinski definition) is 2. The predicted molar refractivity (Wildman–Crippen MR) is 73.1 cm³/mol. The highest BCUT2D eigenvalue weighted by molar-refractivity contribution is 9.10. The second kappa shape index (κ2) is 5.46. The minimum Gasteiger partial charge on any atom is -0.478 e. The van der Waals surface area contributed by atoms with Crippen molar-refractivity contribution in [3.8, 4) is 0 Å². The van der Waals surface area contributed by atoms with Crippen LogP contribution in [-0.2, 0) is 4.74 Å². The van der Waals surface area contributed by atoms with Crippen LogP contribution in [0.15, 0.2) is 16.6 Å². The average Bonchev–Trinajstić information content (AvgIpc) is 2.78. The van der Waals surface area contributed by atoms with E-state index in [0.29, 0.717) is 6.54 Å². The fourth-order valence-corrected chi connectivity index (χ4v) is 2.62. The molecule has 1 fully saturated rings. The third-order valence-electron chi connectivity index (χ3n) is 3.27. The molecule has 1 unspecified atom stereocenters. The zero-order valence-electron chi connectivity index (χ0n) is 10.5. The van der Waals surface area contributed by atoms with Gasteiger partial charge in [0.15, 0.2) is 5.82 Å². The maximum Gasteiger partial charge on any atom is 0.336 e. The quantitative estimate of drug-likeness (QED) is 0.889. The van der Waals surface area contributed by atoms with E-state index in [2.05, 4.69) is 21.2 Å². The molecular formula is C13H15BrFNO3. The average molecular weight is 332 g/mol. The van der Waals surface area contributed by atoms with Gasteiger partial charge in [0.2, 0.25) is 0 Å². The van der Waals surface area contributed by atoms with Crippen molar-refractivity contribution in [1.82, 2.24) is 0 Å². The number of nitrogens with one attached hydrogen (secondary N) is 1. The van der Waals surface area contributed by atoms with E-state index < -0.39 is 11.8 Å². The molecule has 1 saturated heterocycles. The number of aromatic carboxylic acids is 1. The molecule has 1 aromatic rings. The Bertz CT molecular complexity index is 501. The van der Waals surface area contributed by atoms with E-state index in [0.717, 1.165) is 19.4 Å². The predicted octanol–water partition coefficient (Wildman–Crippen LogP) is 3.27. The molecule has 0 spiro atoms. The van der Waals surface area contributed by atoms with Gasteiger partial charge >= 0.3 is 5.97 Å². The summed E-state index contributed by atoms with van der Waals surface area (Å²) in [5.74, 6) is -1.76. The second-order valence-electron chi connectivity index (χ2n) is 4.85. The number of benzene rings is 1. The Morgan fingerprint density at radius 2 is 2.37 bits per heavy atom. The minimum atomic E-state index is -1.16. The number of halogens is 2. The van der Waals surface area contributed by atoms with Crippen LogP contribution in [0.5, 0.6) is 0 Å². The standard InChI is InChI=1S/C13H15BrFNO3/c1-13(5-2-6-19-13)7-16-9-4-3-8(12(17)18)10(14)11(9)15/h3-4,16H,2,5-7H2,1H3,(H,17,18). The van der Waals surface area contributed by atoms with Crippen molar-refractivity contribution >= 4 is 27.6 Å². The van der Waals surface area contributed by atoms with Crippen LogP contribution >= 0.6 is 15.9 Å². The third kappa shape index (κ3) is 3.06. The molecule has 0 saturated carbocycles. The van der Waals surface area contributed by atoms with Crippen LogP contribution in [0.3, 0.4) is 0 Å². The molecule has 2 N–H and O–H groups in total. The molecule has 1 aromatic carbocycles. The topological polar surface area (TPSA) is 58.6 Å². The van der Waals surface area contributed by atoms with E-state index in [1.165, 1.54) is 12.1 Å². The van der Waals surface area contributed by atoms with Gasteiger partial charge in [-0.1, -0.05) is 0 Å². The van der Waals surface area contributed by atoms with Crippen LogP contribution in [-0.4, -0.2) is 29.8 Å². The van der Waals surface area contributed by atoms with Crippen LogP contribution in [0.25, 0.3) is 0 Å². The molecule has 1 atom stereocenters. The van der Waals surface area contributed by atoms with Gasteiger partial charge < -0.3 is 15.2 Å². The summed E-state index contributed by atoms with van der Waals surface area (Å²) < 4.78 is 19.6. The molecule has 0 bridgehead atoms. The van der Waals surface area contributed by atoms with E-state index in [9.17, 15) is 9.18 Å². The van der Waals surface area contributed by atoms with Gasteiger partial charge in [-0.05, 0) is 47.8 Å². The van der Waals surface area contributed by atoms with Crippen molar-refractivity contribution in [3.63, 3.8) is 0 Å². The molecule has 4 nitrogen and oxygen atoms in total. The van der Waals surface area contributed by atoms with Gasteiger partial charge in [-0.25, -0.2) is 9.18 Å². The Labute approximate surface area is 119 Å². The van der Waals surface area contributed by atoms with Crippen molar-refractivity contribution < 1.29 is 19.0 Å². The highest BCUT2D eigenvalue weighted by Crippen LogP contribution is 2.29. The Kier molecular flexibility index (Phi) is 4.10. The summed E-state index contributed by atoms with van der Waals surface area (Å²) in [6.07, 6.45) is 1.93. The summed E-state index contributed by atoms with van der Waals surface area (Å²) >= 11 is 2.97. The van der Waals surface area contributed by atoms with Crippen molar-refractivity contribution in [2.75, 3.05) is 18.5 Å². The lowest BCUT2D eigenvalue weighted by molar-refractivity contribution is 0.0315. The zero-order valence-corrected chi connectivity index (χ0v) is 12.1. The van der Waals surface area contributed by atoms with Crippen LogP contribution in [0.2, 0.25) is 0 Å². The van der Waals surface area contributed by atoms with E-state index in [1.807, 2.05) is 6.92 Å². The molecule has 2 rings (SSSR count). The van der Waals surface area contributed by atoms with Crippen molar-refractivity contribution in [2.45, 2.75) is 25.4 Å². The van der Waals surface area contributed by atoms with Gasteiger partial charge in [-0.2, -0.15) is 0 Å². The summed E-state index contributed by atoms with van der Waals surface area (Å²) in [7, 11) is 0. The van der Waals surface area contributed by atoms with Crippen molar-refractivity contribution in [2.24, 2.45) is 0 Å². The van der Waals surface area contributed by atoms with Gasteiger partial charge in [0.1, 0.15) is 0 Å².